The zero-order valence-electron chi connectivity index (χ0n) is 16.3. The van der Waals surface area contributed by atoms with Gasteiger partial charge in [0, 0.05) is 18.3 Å². The fourth-order valence-electron chi connectivity index (χ4n) is 3.66. The van der Waals surface area contributed by atoms with Gasteiger partial charge in [0.05, 0.1) is 0 Å². The van der Waals surface area contributed by atoms with Crippen LogP contribution in [0.1, 0.15) is 64.7 Å². The van der Waals surface area contributed by atoms with Crippen LogP contribution in [0.15, 0.2) is 36.4 Å². The fraction of sp³-hybridized carbons (Fsp3) is 0.409. The van der Waals surface area contributed by atoms with Crippen molar-refractivity contribution in [1.82, 2.24) is 9.88 Å². The maximum Gasteiger partial charge on any atom is 0.274 e. The number of piperidine rings is 1. The van der Waals surface area contributed by atoms with Crippen molar-refractivity contribution < 1.29 is 9.59 Å². The minimum Gasteiger partial charge on any atom is -0.334 e. The number of likely N-dealkylation sites (tertiary alicyclic amines) is 1. The molecule has 1 aliphatic rings. The Kier molecular flexibility index (Phi) is 5.89. The lowest BCUT2D eigenvalue weighted by atomic mass is 9.99. The number of anilines is 1. The van der Waals surface area contributed by atoms with Crippen LogP contribution in [0.3, 0.4) is 0 Å². The lowest BCUT2D eigenvalue weighted by Gasteiger charge is -2.35. The van der Waals surface area contributed by atoms with Crippen LogP contribution in [-0.4, -0.2) is 34.3 Å². The van der Waals surface area contributed by atoms with Gasteiger partial charge in [0.15, 0.2) is 0 Å². The SMILES string of the molecule is CCC1CCCCN1C(=O)c1cccc(C(=O)Nc2ccc(C)cc2C)n1. The van der Waals surface area contributed by atoms with E-state index in [0.717, 1.165) is 49.0 Å². The van der Waals surface area contributed by atoms with E-state index in [-0.39, 0.29) is 23.6 Å². The molecular weight excluding hydrogens is 338 g/mol. The molecule has 142 valence electrons. The van der Waals surface area contributed by atoms with E-state index in [0.29, 0.717) is 5.69 Å². The van der Waals surface area contributed by atoms with Crippen LogP contribution in [0, 0.1) is 13.8 Å². The first kappa shape index (κ1) is 19.1. The van der Waals surface area contributed by atoms with E-state index in [2.05, 4.69) is 17.2 Å². The molecule has 1 fully saturated rings. The first-order valence-corrected chi connectivity index (χ1v) is 9.66. The molecule has 27 heavy (non-hydrogen) atoms. The fourth-order valence-corrected chi connectivity index (χ4v) is 3.66. The van der Waals surface area contributed by atoms with Crippen molar-refractivity contribution in [1.29, 1.82) is 0 Å². The summed E-state index contributed by atoms with van der Waals surface area (Å²) in [5.74, 6) is -0.384. The van der Waals surface area contributed by atoms with Gasteiger partial charge in [-0.25, -0.2) is 4.98 Å². The summed E-state index contributed by atoms with van der Waals surface area (Å²) in [5.41, 5.74) is 3.48. The maximum absolute atomic E-state index is 12.9. The van der Waals surface area contributed by atoms with Crippen molar-refractivity contribution in [3.05, 3.63) is 58.9 Å². The summed E-state index contributed by atoms with van der Waals surface area (Å²) < 4.78 is 0. The van der Waals surface area contributed by atoms with Crippen LogP contribution in [0.5, 0.6) is 0 Å². The molecule has 5 nitrogen and oxygen atoms in total. The summed E-state index contributed by atoms with van der Waals surface area (Å²) in [5, 5.41) is 2.89. The number of aromatic nitrogens is 1. The van der Waals surface area contributed by atoms with Crippen molar-refractivity contribution in [3.63, 3.8) is 0 Å². The molecule has 3 rings (SSSR count). The van der Waals surface area contributed by atoms with E-state index in [4.69, 9.17) is 0 Å². The van der Waals surface area contributed by atoms with E-state index < -0.39 is 0 Å². The highest BCUT2D eigenvalue weighted by atomic mass is 16.2. The molecule has 1 aromatic heterocycles. The second kappa shape index (κ2) is 8.33. The Balaban J connectivity index is 1.78. The summed E-state index contributed by atoms with van der Waals surface area (Å²) in [6.45, 7) is 6.84. The van der Waals surface area contributed by atoms with Gasteiger partial charge in [0.2, 0.25) is 0 Å². The van der Waals surface area contributed by atoms with E-state index in [9.17, 15) is 9.59 Å². The van der Waals surface area contributed by atoms with Gasteiger partial charge >= 0.3 is 0 Å². The number of pyridine rings is 1. The van der Waals surface area contributed by atoms with E-state index >= 15 is 0 Å². The first-order chi connectivity index (χ1) is 13.0. The van der Waals surface area contributed by atoms with E-state index in [1.807, 2.05) is 36.9 Å². The molecule has 2 amide bonds. The number of carbonyl (C=O) groups is 2. The summed E-state index contributed by atoms with van der Waals surface area (Å²) in [7, 11) is 0. The molecule has 2 heterocycles. The van der Waals surface area contributed by atoms with E-state index in [1.165, 1.54) is 0 Å². The molecule has 0 spiro atoms. The third kappa shape index (κ3) is 4.35. The topological polar surface area (TPSA) is 62.3 Å². The molecule has 0 radical (unpaired) electrons. The highest BCUT2D eigenvalue weighted by molar-refractivity contribution is 6.04. The van der Waals surface area contributed by atoms with Gasteiger partial charge in [0.25, 0.3) is 11.8 Å². The molecule has 0 bridgehead atoms. The molecule has 1 N–H and O–H groups in total. The van der Waals surface area contributed by atoms with Crippen molar-refractivity contribution in [3.8, 4) is 0 Å². The van der Waals surface area contributed by atoms with Crippen LogP contribution in [-0.2, 0) is 0 Å². The van der Waals surface area contributed by atoms with Crippen molar-refractivity contribution in [2.45, 2.75) is 52.5 Å². The van der Waals surface area contributed by atoms with Gasteiger partial charge in [-0.3, -0.25) is 9.59 Å². The Morgan fingerprint density at radius 2 is 1.93 bits per heavy atom. The average molecular weight is 365 g/mol. The third-order valence-electron chi connectivity index (χ3n) is 5.19. The van der Waals surface area contributed by atoms with Gasteiger partial charge in [-0.1, -0.05) is 30.7 Å². The number of carbonyl (C=O) groups excluding carboxylic acids is 2. The normalized spacial score (nSPS) is 16.9. The Labute approximate surface area is 160 Å². The second-order valence-electron chi connectivity index (χ2n) is 7.24. The van der Waals surface area contributed by atoms with Gasteiger partial charge in [-0.2, -0.15) is 0 Å². The molecule has 1 atom stereocenters. The summed E-state index contributed by atoms with van der Waals surface area (Å²) >= 11 is 0. The number of benzene rings is 1. The number of aryl methyl sites for hydroxylation is 2. The van der Waals surface area contributed by atoms with Gasteiger partial charge < -0.3 is 10.2 Å². The minimum atomic E-state index is -0.303. The highest BCUT2D eigenvalue weighted by Gasteiger charge is 2.27. The van der Waals surface area contributed by atoms with Crippen LogP contribution >= 0.6 is 0 Å². The number of amides is 2. The molecule has 2 aromatic rings. The van der Waals surface area contributed by atoms with Crippen molar-refractivity contribution in [2.24, 2.45) is 0 Å². The smallest absolute Gasteiger partial charge is 0.274 e. The Bertz CT molecular complexity index is 847. The molecule has 1 aromatic carbocycles. The predicted molar refractivity (Wildman–Crippen MR) is 107 cm³/mol. The number of hydrogen-bond donors (Lipinski definition) is 1. The predicted octanol–water partition coefficient (Wildman–Crippen LogP) is 4.36. The second-order valence-corrected chi connectivity index (χ2v) is 7.24. The average Bonchev–Trinajstić information content (AvgIpc) is 2.69. The zero-order chi connectivity index (χ0) is 19.4. The number of hydrogen-bond acceptors (Lipinski definition) is 3. The quantitative estimate of drug-likeness (QED) is 0.876. The Morgan fingerprint density at radius 3 is 2.67 bits per heavy atom. The van der Waals surface area contributed by atoms with Crippen LogP contribution in [0.25, 0.3) is 0 Å². The lowest BCUT2D eigenvalue weighted by molar-refractivity contribution is 0.0602. The Morgan fingerprint density at radius 1 is 1.15 bits per heavy atom. The molecular formula is C22H27N3O2. The first-order valence-electron chi connectivity index (χ1n) is 9.66. The molecule has 1 unspecified atom stereocenters. The minimum absolute atomic E-state index is 0.0808. The van der Waals surface area contributed by atoms with Crippen molar-refractivity contribution >= 4 is 17.5 Å². The maximum atomic E-state index is 12.9. The molecule has 5 heteroatoms. The Hall–Kier alpha value is -2.69. The third-order valence-corrected chi connectivity index (χ3v) is 5.19. The monoisotopic (exact) mass is 365 g/mol. The van der Waals surface area contributed by atoms with E-state index in [1.54, 1.807) is 18.2 Å². The van der Waals surface area contributed by atoms with Crippen LogP contribution in [0.2, 0.25) is 0 Å². The van der Waals surface area contributed by atoms with Gasteiger partial charge in [-0.05, 0) is 63.3 Å². The summed E-state index contributed by atoms with van der Waals surface area (Å²) in [6, 6.07) is 11.2. The number of nitrogens with one attached hydrogen (secondary N) is 1. The van der Waals surface area contributed by atoms with Crippen LogP contribution in [0.4, 0.5) is 5.69 Å². The molecule has 1 saturated heterocycles. The van der Waals surface area contributed by atoms with Gasteiger partial charge in [-0.15, -0.1) is 0 Å². The largest absolute Gasteiger partial charge is 0.334 e. The van der Waals surface area contributed by atoms with Gasteiger partial charge in [0.1, 0.15) is 11.4 Å². The summed E-state index contributed by atoms with van der Waals surface area (Å²) in [6.07, 6.45) is 4.16. The number of rotatable bonds is 4. The standard InChI is InChI=1S/C22H27N3O2/c1-4-17-8-5-6-13-25(17)22(27)20-10-7-9-19(23-20)21(26)24-18-12-11-15(2)14-16(18)3/h7,9-12,14,17H,4-6,8,13H2,1-3H3,(H,24,26). The summed E-state index contributed by atoms with van der Waals surface area (Å²) in [4.78, 5) is 31.8. The lowest BCUT2D eigenvalue weighted by Crippen LogP contribution is -2.43. The zero-order valence-corrected chi connectivity index (χ0v) is 16.3. The molecule has 0 aliphatic carbocycles. The van der Waals surface area contributed by atoms with Crippen LogP contribution < -0.4 is 5.32 Å². The number of nitrogens with zero attached hydrogens (tertiary/aromatic N) is 2. The molecule has 0 saturated carbocycles. The molecule has 1 aliphatic heterocycles. The highest BCUT2D eigenvalue weighted by Crippen LogP contribution is 2.22. The van der Waals surface area contributed by atoms with Crippen molar-refractivity contribution in [2.75, 3.05) is 11.9 Å².